The van der Waals surface area contributed by atoms with Crippen LogP contribution in [0.15, 0.2) is 47.4 Å². The van der Waals surface area contributed by atoms with E-state index >= 15 is 0 Å². The molecule has 0 aromatic heterocycles. The minimum atomic E-state index is -3.72. The molecule has 3 rings (SSSR count). The number of carbonyl (C=O) groups excluding carboxylic acids is 1. The fourth-order valence-electron chi connectivity index (χ4n) is 3.02. The normalized spacial score (nSPS) is 15.5. The van der Waals surface area contributed by atoms with Crippen LogP contribution in [0.3, 0.4) is 0 Å². The Morgan fingerprint density at radius 2 is 1.78 bits per heavy atom. The molecule has 0 saturated carbocycles. The molecule has 1 saturated heterocycles. The lowest BCUT2D eigenvalue weighted by Crippen LogP contribution is -2.36. The third-order valence-electron chi connectivity index (χ3n) is 4.47. The van der Waals surface area contributed by atoms with Crippen LogP contribution in [0.4, 0.5) is 0 Å². The third-order valence-corrected chi connectivity index (χ3v) is 7.08. The second-order valence-corrected chi connectivity index (χ2v) is 9.17. The zero-order chi connectivity index (χ0) is 19.4. The van der Waals surface area contributed by atoms with Crippen LogP contribution >= 0.6 is 23.2 Å². The Balaban J connectivity index is 1.79. The van der Waals surface area contributed by atoms with Gasteiger partial charge in [0.1, 0.15) is 4.90 Å². The van der Waals surface area contributed by atoms with E-state index in [1.807, 2.05) is 6.07 Å². The molecule has 1 heterocycles. The van der Waals surface area contributed by atoms with E-state index in [9.17, 15) is 13.2 Å². The summed E-state index contributed by atoms with van der Waals surface area (Å²) >= 11 is 12.1. The predicted molar refractivity (Wildman–Crippen MR) is 107 cm³/mol. The molecule has 0 unspecified atom stereocenters. The lowest BCUT2D eigenvalue weighted by Gasteiger charge is -2.26. The molecule has 1 amide bonds. The number of sulfonamides is 1. The molecule has 0 radical (unpaired) electrons. The zero-order valence-corrected chi connectivity index (χ0v) is 16.9. The number of piperidine rings is 1. The van der Waals surface area contributed by atoms with E-state index in [0.717, 1.165) is 24.8 Å². The summed E-state index contributed by atoms with van der Waals surface area (Å²) in [5, 5.41) is 3.47. The number of benzene rings is 2. The van der Waals surface area contributed by atoms with Crippen LogP contribution in [0.5, 0.6) is 0 Å². The Morgan fingerprint density at radius 3 is 2.48 bits per heavy atom. The Morgan fingerprint density at radius 1 is 1.04 bits per heavy atom. The van der Waals surface area contributed by atoms with Crippen molar-refractivity contribution >= 4 is 39.1 Å². The predicted octanol–water partition coefficient (Wildman–Crippen LogP) is 4.10. The van der Waals surface area contributed by atoms with Crippen molar-refractivity contribution in [3.05, 3.63) is 63.6 Å². The highest BCUT2D eigenvalue weighted by Crippen LogP contribution is 2.28. The SMILES string of the molecule is O=C(NCc1cccc(Cl)c1)c1ccc(Cl)c(S(=O)(=O)N2CCCCC2)c1. The zero-order valence-electron chi connectivity index (χ0n) is 14.6. The van der Waals surface area contributed by atoms with Gasteiger partial charge in [0.2, 0.25) is 10.0 Å². The first-order valence-electron chi connectivity index (χ1n) is 8.70. The molecule has 1 aliphatic rings. The summed E-state index contributed by atoms with van der Waals surface area (Å²) in [5.74, 6) is -0.373. The molecule has 0 atom stereocenters. The molecule has 144 valence electrons. The first-order chi connectivity index (χ1) is 12.9. The van der Waals surface area contributed by atoms with Crippen molar-refractivity contribution in [2.75, 3.05) is 13.1 Å². The minimum absolute atomic E-state index is 0.0264. The molecule has 0 bridgehead atoms. The highest BCUT2D eigenvalue weighted by Gasteiger charge is 2.28. The van der Waals surface area contributed by atoms with Crippen LogP contribution in [0.25, 0.3) is 0 Å². The first-order valence-corrected chi connectivity index (χ1v) is 10.9. The average molecular weight is 427 g/mol. The van der Waals surface area contributed by atoms with Crippen molar-refractivity contribution in [1.29, 1.82) is 0 Å². The fraction of sp³-hybridized carbons (Fsp3) is 0.316. The number of carbonyl (C=O) groups is 1. The maximum atomic E-state index is 12.9. The Kier molecular flexibility index (Phi) is 6.42. The van der Waals surface area contributed by atoms with E-state index in [1.165, 1.54) is 22.5 Å². The molecule has 2 aromatic rings. The molecule has 0 spiro atoms. The molecule has 27 heavy (non-hydrogen) atoms. The molecule has 8 heteroatoms. The van der Waals surface area contributed by atoms with Crippen molar-refractivity contribution < 1.29 is 13.2 Å². The average Bonchev–Trinajstić information content (AvgIpc) is 2.67. The highest BCUT2D eigenvalue weighted by atomic mass is 35.5. The molecule has 2 aromatic carbocycles. The van der Waals surface area contributed by atoms with Gasteiger partial charge >= 0.3 is 0 Å². The van der Waals surface area contributed by atoms with Gasteiger partial charge in [-0.15, -0.1) is 0 Å². The third kappa shape index (κ3) is 4.82. The topological polar surface area (TPSA) is 66.5 Å². The minimum Gasteiger partial charge on any atom is -0.348 e. The van der Waals surface area contributed by atoms with Crippen molar-refractivity contribution in [1.82, 2.24) is 9.62 Å². The van der Waals surface area contributed by atoms with Crippen molar-refractivity contribution in [2.24, 2.45) is 0 Å². The number of nitrogens with one attached hydrogen (secondary N) is 1. The Hall–Kier alpha value is -1.60. The van der Waals surface area contributed by atoms with Crippen molar-refractivity contribution in [3.8, 4) is 0 Å². The number of rotatable bonds is 5. The van der Waals surface area contributed by atoms with Gasteiger partial charge in [0.05, 0.1) is 5.02 Å². The van der Waals surface area contributed by atoms with Crippen molar-refractivity contribution in [2.45, 2.75) is 30.7 Å². The smallest absolute Gasteiger partial charge is 0.251 e. The Bertz CT molecular complexity index is 942. The van der Waals surface area contributed by atoms with E-state index in [-0.39, 0.29) is 27.9 Å². The van der Waals surface area contributed by atoms with Gasteiger partial charge < -0.3 is 5.32 Å². The summed E-state index contributed by atoms with van der Waals surface area (Å²) < 4.78 is 27.2. The molecule has 1 fully saturated rings. The summed E-state index contributed by atoms with van der Waals surface area (Å²) in [6, 6.07) is 11.5. The summed E-state index contributed by atoms with van der Waals surface area (Å²) in [7, 11) is -3.72. The maximum absolute atomic E-state index is 12.9. The fourth-order valence-corrected chi connectivity index (χ4v) is 5.25. The van der Waals surface area contributed by atoms with Gasteiger partial charge in [0.15, 0.2) is 0 Å². The van der Waals surface area contributed by atoms with Crippen LogP contribution in [0.2, 0.25) is 10.0 Å². The quantitative estimate of drug-likeness (QED) is 0.782. The van der Waals surface area contributed by atoms with Crippen LogP contribution in [-0.4, -0.2) is 31.7 Å². The lowest BCUT2D eigenvalue weighted by atomic mass is 10.2. The van der Waals surface area contributed by atoms with Gasteiger partial charge in [0.25, 0.3) is 5.91 Å². The molecule has 0 aliphatic carbocycles. The molecular formula is C19H20Cl2N2O3S. The second kappa shape index (κ2) is 8.61. The Labute approximate surface area is 169 Å². The standard InChI is InChI=1S/C19H20Cl2N2O3S/c20-16-6-4-5-14(11-16)13-22-19(24)15-7-8-17(21)18(12-15)27(25,26)23-9-2-1-3-10-23/h4-8,11-12H,1-3,9-10,13H2,(H,22,24). The second-order valence-electron chi connectivity index (χ2n) is 6.42. The summed E-state index contributed by atoms with van der Waals surface area (Å²) in [6.45, 7) is 1.24. The summed E-state index contributed by atoms with van der Waals surface area (Å²) in [5.41, 5.74) is 1.10. The number of nitrogens with zero attached hydrogens (tertiary/aromatic N) is 1. The van der Waals surface area contributed by atoms with E-state index in [1.54, 1.807) is 18.2 Å². The van der Waals surface area contributed by atoms with Gasteiger partial charge in [0, 0.05) is 30.2 Å². The van der Waals surface area contributed by atoms with Crippen LogP contribution < -0.4 is 5.32 Å². The highest BCUT2D eigenvalue weighted by molar-refractivity contribution is 7.89. The monoisotopic (exact) mass is 426 g/mol. The van der Waals surface area contributed by atoms with Crippen molar-refractivity contribution in [3.63, 3.8) is 0 Å². The van der Waals surface area contributed by atoms with Gasteiger partial charge in [-0.05, 0) is 48.7 Å². The van der Waals surface area contributed by atoms with E-state index in [2.05, 4.69) is 5.32 Å². The number of hydrogen-bond donors (Lipinski definition) is 1. The van der Waals surface area contributed by atoms with Gasteiger partial charge in [-0.3, -0.25) is 4.79 Å². The summed E-state index contributed by atoms with van der Waals surface area (Å²) in [6.07, 6.45) is 2.68. The molecular weight excluding hydrogens is 407 g/mol. The molecule has 1 N–H and O–H groups in total. The summed E-state index contributed by atoms with van der Waals surface area (Å²) in [4.78, 5) is 12.4. The number of hydrogen-bond acceptors (Lipinski definition) is 3. The van der Waals surface area contributed by atoms with Crippen LogP contribution in [0, 0.1) is 0 Å². The van der Waals surface area contributed by atoms with E-state index < -0.39 is 10.0 Å². The lowest BCUT2D eigenvalue weighted by molar-refractivity contribution is 0.0950. The molecule has 1 aliphatic heterocycles. The van der Waals surface area contributed by atoms with Gasteiger partial charge in [-0.2, -0.15) is 4.31 Å². The van der Waals surface area contributed by atoms with Gasteiger partial charge in [-0.25, -0.2) is 8.42 Å². The van der Waals surface area contributed by atoms with Gasteiger partial charge in [-0.1, -0.05) is 41.8 Å². The first kappa shape index (κ1) is 20.1. The number of amides is 1. The maximum Gasteiger partial charge on any atom is 0.251 e. The van der Waals surface area contributed by atoms with Crippen LogP contribution in [0.1, 0.15) is 35.2 Å². The van der Waals surface area contributed by atoms with E-state index in [4.69, 9.17) is 23.2 Å². The molecule has 5 nitrogen and oxygen atoms in total. The van der Waals surface area contributed by atoms with E-state index in [0.29, 0.717) is 18.1 Å². The largest absolute Gasteiger partial charge is 0.348 e. The van der Waals surface area contributed by atoms with Crippen LogP contribution in [-0.2, 0) is 16.6 Å². The number of halogens is 2.